The molecule has 0 saturated carbocycles. The maximum absolute atomic E-state index is 11.9. The molecule has 4 nitrogen and oxygen atoms in total. The van der Waals surface area contributed by atoms with E-state index < -0.39 is 5.97 Å². The summed E-state index contributed by atoms with van der Waals surface area (Å²) >= 11 is 1.59. The number of amides is 1. The quantitative estimate of drug-likeness (QED) is 0.846. The van der Waals surface area contributed by atoms with Crippen molar-refractivity contribution in [2.45, 2.75) is 13.8 Å². The first kappa shape index (κ1) is 15.0. The molecule has 0 spiro atoms. The maximum atomic E-state index is 11.9. The van der Waals surface area contributed by atoms with E-state index in [2.05, 4.69) is 5.32 Å². The maximum Gasteiger partial charge on any atom is 0.338 e. The molecule has 108 valence electrons. The van der Waals surface area contributed by atoms with Gasteiger partial charge in [0.25, 0.3) is 0 Å². The van der Waals surface area contributed by atoms with Gasteiger partial charge in [0.1, 0.15) is 0 Å². The molecule has 1 heterocycles. The SMILES string of the molecule is Cc1ccc(C=CC(=O)Nc2cccc(C)c2C(=O)O)s1. The van der Waals surface area contributed by atoms with Crippen LogP contribution in [0.15, 0.2) is 36.4 Å². The number of aryl methyl sites for hydroxylation is 2. The molecule has 1 aromatic heterocycles. The number of thiophene rings is 1. The Kier molecular flexibility index (Phi) is 4.55. The van der Waals surface area contributed by atoms with E-state index in [0.29, 0.717) is 11.3 Å². The Balaban J connectivity index is 2.15. The van der Waals surface area contributed by atoms with E-state index in [4.69, 9.17) is 0 Å². The number of carbonyl (C=O) groups is 2. The van der Waals surface area contributed by atoms with Gasteiger partial charge in [-0.25, -0.2) is 4.79 Å². The van der Waals surface area contributed by atoms with E-state index >= 15 is 0 Å². The van der Waals surface area contributed by atoms with E-state index in [0.717, 1.165) is 4.88 Å². The fourth-order valence-electron chi connectivity index (χ4n) is 1.93. The zero-order valence-corrected chi connectivity index (χ0v) is 12.5. The molecular weight excluding hydrogens is 286 g/mol. The van der Waals surface area contributed by atoms with Gasteiger partial charge in [0.15, 0.2) is 0 Å². The van der Waals surface area contributed by atoms with Crippen molar-refractivity contribution >= 4 is 35.0 Å². The van der Waals surface area contributed by atoms with Gasteiger partial charge in [-0.15, -0.1) is 11.3 Å². The van der Waals surface area contributed by atoms with Crippen LogP contribution in [0.5, 0.6) is 0 Å². The van der Waals surface area contributed by atoms with E-state index in [-0.39, 0.29) is 11.5 Å². The number of aromatic carboxylic acids is 1. The van der Waals surface area contributed by atoms with Crippen LogP contribution in [0.3, 0.4) is 0 Å². The van der Waals surface area contributed by atoms with Crippen LogP contribution in [0.4, 0.5) is 5.69 Å². The lowest BCUT2D eigenvalue weighted by molar-refractivity contribution is -0.111. The van der Waals surface area contributed by atoms with Crippen molar-refractivity contribution in [1.29, 1.82) is 0 Å². The molecule has 0 radical (unpaired) electrons. The van der Waals surface area contributed by atoms with Crippen molar-refractivity contribution in [2.24, 2.45) is 0 Å². The van der Waals surface area contributed by atoms with Crippen molar-refractivity contribution < 1.29 is 14.7 Å². The van der Waals surface area contributed by atoms with Gasteiger partial charge in [0.05, 0.1) is 11.3 Å². The molecule has 0 bridgehead atoms. The van der Waals surface area contributed by atoms with E-state index in [9.17, 15) is 14.7 Å². The number of nitrogens with one attached hydrogen (secondary N) is 1. The third-order valence-corrected chi connectivity index (χ3v) is 3.87. The van der Waals surface area contributed by atoms with E-state index in [1.54, 1.807) is 42.5 Å². The number of rotatable bonds is 4. The van der Waals surface area contributed by atoms with Gasteiger partial charge in [0.2, 0.25) is 5.91 Å². The largest absolute Gasteiger partial charge is 0.478 e. The fraction of sp³-hybridized carbons (Fsp3) is 0.125. The van der Waals surface area contributed by atoms with Gasteiger partial charge in [-0.1, -0.05) is 12.1 Å². The molecule has 2 rings (SSSR count). The van der Waals surface area contributed by atoms with Gasteiger partial charge in [-0.05, 0) is 43.7 Å². The first-order chi connectivity index (χ1) is 9.97. The molecule has 0 aliphatic rings. The van der Waals surface area contributed by atoms with Crippen molar-refractivity contribution in [3.63, 3.8) is 0 Å². The number of hydrogen-bond donors (Lipinski definition) is 2. The minimum absolute atomic E-state index is 0.117. The second-order valence-corrected chi connectivity index (χ2v) is 5.89. The van der Waals surface area contributed by atoms with Crippen LogP contribution in [0.25, 0.3) is 6.08 Å². The van der Waals surface area contributed by atoms with Gasteiger partial charge >= 0.3 is 5.97 Å². The van der Waals surface area contributed by atoms with Gasteiger partial charge in [-0.3, -0.25) is 4.79 Å². The summed E-state index contributed by atoms with van der Waals surface area (Å²) in [7, 11) is 0. The van der Waals surface area contributed by atoms with Crippen LogP contribution in [-0.2, 0) is 4.79 Å². The zero-order valence-electron chi connectivity index (χ0n) is 11.7. The molecule has 2 N–H and O–H groups in total. The number of benzene rings is 1. The lowest BCUT2D eigenvalue weighted by Crippen LogP contribution is -2.13. The summed E-state index contributed by atoms with van der Waals surface area (Å²) in [5, 5.41) is 11.8. The number of carbonyl (C=O) groups excluding carboxylic acids is 1. The number of hydrogen-bond acceptors (Lipinski definition) is 3. The highest BCUT2D eigenvalue weighted by molar-refractivity contribution is 7.12. The molecule has 0 aliphatic carbocycles. The Morgan fingerprint density at radius 2 is 1.95 bits per heavy atom. The molecule has 21 heavy (non-hydrogen) atoms. The molecule has 2 aromatic rings. The topological polar surface area (TPSA) is 66.4 Å². The summed E-state index contributed by atoms with van der Waals surface area (Å²) < 4.78 is 0. The van der Waals surface area contributed by atoms with E-state index in [1.165, 1.54) is 11.0 Å². The second-order valence-electron chi connectivity index (χ2n) is 4.57. The Morgan fingerprint density at radius 1 is 1.19 bits per heavy atom. The van der Waals surface area contributed by atoms with Crippen LogP contribution in [0, 0.1) is 13.8 Å². The third-order valence-electron chi connectivity index (χ3n) is 2.90. The van der Waals surface area contributed by atoms with Crippen molar-refractivity contribution in [1.82, 2.24) is 0 Å². The van der Waals surface area contributed by atoms with Crippen LogP contribution < -0.4 is 5.32 Å². The third kappa shape index (κ3) is 3.79. The van der Waals surface area contributed by atoms with Crippen LogP contribution >= 0.6 is 11.3 Å². The molecule has 0 unspecified atom stereocenters. The van der Waals surface area contributed by atoms with Crippen molar-refractivity contribution in [2.75, 3.05) is 5.32 Å². The van der Waals surface area contributed by atoms with E-state index in [1.807, 2.05) is 19.1 Å². The summed E-state index contributed by atoms with van der Waals surface area (Å²) in [6, 6.07) is 8.90. The predicted octanol–water partition coefficient (Wildman–Crippen LogP) is 3.72. The Bertz CT molecular complexity index is 716. The van der Waals surface area contributed by atoms with Crippen LogP contribution in [0.1, 0.15) is 25.7 Å². The Morgan fingerprint density at radius 3 is 2.57 bits per heavy atom. The minimum atomic E-state index is -1.05. The molecule has 0 fully saturated rings. The molecule has 0 aliphatic heterocycles. The van der Waals surface area contributed by atoms with Crippen LogP contribution in [0.2, 0.25) is 0 Å². The van der Waals surface area contributed by atoms with Gasteiger partial charge < -0.3 is 10.4 Å². The second kappa shape index (κ2) is 6.37. The Labute approximate surface area is 126 Å². The standard InChI is InChI=1S/C16H15NO3S/c1-10-4-3-5-13(15(10)16(19)20)17-14(18)9-8-12-7-6-11(2)21-12/h3-9H,1-2H3,(H,17,18)(H,19,20). The van der Waals surface area contributed by atoms with Crippen molar-refractivity contribution in [3.05, 3.63) is 57.3 Å². The molecule has 0 saturated heterocycles. The normalized spacial score (nSPS) is 10.8. The van der Waals surface area contributed by atoms with Crippen molar-refractivity contribution in [3.8, 4) is 0 Å². The summed E-state index contributed by atoms with van der Waals surface area (Å²) in [6.07, 6.45) is 3.11. The monoisotopic (exact) mass is 301 g/mol. The lowest BCUT2D eigenvalue weighted by atomic mass is 10.1. The minimum Gasteiger partial charge on any atom is -0.478 e. The molecule has 1 amide bonds. The summed E-state index contributed by atoms with van der Waals surface area (Å²) in [6.45, 7) is 3.69. The molecular formula is C16H15NO3S. The predicted molar refractivity (Wildman–Crippen MR) is 84.9 cm³/mol. The highest BCUT2D eigenvalue weighted by Crippen LogP contribution is 2.20. The average Bonchev–Trinajstić information content (AvgIpc) is 2.82. The molecule has 0 atom stereocenters. The summed E-state index contributed by atoms with van der Waals surface area (Å²) in [5.41, 5.74) is 1.03. The smallest absolute Gasteiger partial charge is 0.338 e. The number of anilines is 1. The zero-order chi connectivity index (χ0) is 15.4. The summed E-state index contributed by atoms with van der Waals surface area (Å²) in [5.74, 6) is -1.41. The highest BCUT2D eigenvalue weighted by atomic mass is 32.1. The average molecular weight is 301 g/mol. The molecule has 1 aromatic carbocycles. The summed E-state index contributed by atoms with van der Waals surface area (Å²) in [4.78, 5) is 25.3. The first-order valence-electron chi connectivity index (χ1n) is 6.36. The van der Waals surface area contributed by atoms with Crippen LogP contribution in [-0.4, -0.2) is 17.0 Å². The fourth-order valence-corrected chi connectivity index (χ4v) is 2.71. The van der Waals surface area contributed by atoms with Gasteiger partial charge in [0, 0.05) is 15.8 Å². The Hall–Kier alpha value is -2.40. The number of carboxylic acids is 1. The molecule has 5 heteroatoms. The first-order valence-corrected chi connectivity index (χ1v) is 7.17. The number of carboxylic acid groups (broad SMARTS) is 1. The highest BCUT2D eigenvalue weighted by Gasteiger charge is 2.13. The lowest BCUT2D eigenvalue weighted by Gasteiger charge is -2.08. The van der Waals surface area contributed by atoms with Gasteiger partial charge in [-0.2, -0.15) is 0 Å².